The van der Waals surface area contributed by atoms with E-state index in [9.17, 15) is 8.42 Å². The van der Waals surface area contributed by atoms with Crippen LogP contribution in [0.3, 0.4) is 0 Å². The van der Waals surface area contributed by atoms with Gasteiger partial charge >= 0.3 is 0 Å². The lowest BCUT2D eigenvalue weighted by molar-refractivity contribution is 0.340. The summed E-state index contributed by atoms with van der Waals surface area (Å²) in [7, 11) is -3.52. The number of aromatic nitrogens is 2. The van der Waals surface area contributed by atoms with E-state index < -0.39 is 10.0 Å². The van der Waals surface area contributed by atoms with Crippen LogP contribution in [0.5, 0.6) is 5.75 Å². The molecule has 0 bridgehead atoms. The number of hydrogen-bond acceptors (Lipinski definition) is 6. The van der Waals surface area contributed by atoms with Crippen molar-refractivity contribution in [2.24, 2.45) is 0 Å². The molecule has 2 heterocycles. The molecule has 0 spiro atoms. The number of aryl methyl sites for hydroxylation is 2. The number of nitrogens with zero attached hydrogens (tertiary/aromatic N) is 4. The molecule has 3 aromatic rings. The zero-order chi connectivity index (χ0) is 22.7. The zero-order valence-corrected chi connectivity index (χ0v) is 19.5. The van der Waals surface area contributed by atoms with E-state index in [-0.39, 0.29) is 0 Å². The van der Waals surface area contributed by atoms with Crippen LogP contribution in [0.2, 0.25) is 0 Å². The van der Waals surface area contributed by atoms with Crippen molar-refractivity contribution in [3.8, 4) is 17.0 Å². The summed E-state index contributed by atoms with van der Waals surface area (Å²) in [4.78, 5) is 11.3. The Labute approximate surface area is 189 Å². The lowest BCUT2D eigenvalue weighted by Gasteiger charge is -2.35. The van der Waals surface area contributed by atoms with Crippen molar-refractivity contribution in [1.29, 1.82) is 0 Å². The Bertz CT molecular complexity index is 1190. The molecule has 0 amide bonds. The highest BCUT2D eigenvalue weighted by molar-refractivity contribution is 7.89. The first-order valence-corrected chi connectivity index (χ1v) is 12.2. The normalized spacial score (nSPS) is 15.0. The minimum absolute atomic E-state index is 0.394. The van der Waals surface area contributed by atoms with E-state index >= 15 is 0 Å². The molecule has 1 aromatic heterocycles. The lowest BCUT2D eigenvalue weighted by Crippen LogP contribution is -2.49. The van der Waals surface area contributed by atoms with Gasteiger partial charge in [-0.2, -0.15) is 4.31 Å². The molecule has 0 atom stereocenters. The van der Waals surface area contributed by atoms with Gasteiger partial charge in [-0.1, -0.05) is 12.1 Å². The summed E-state index contributed by atoms with van der Waals surface area (Å²) in [6.07, 6.45) is 1.56. The van der Waals surface area contributed by atoms with Crippen molar-refractivity contribution in [2.75, 3.05) is 37.7 Å². The summed E-state index contributed by atoms with van der Waals surface area (Å²) in [6.45, 7) is 8.31. The molecule has 1 aliphatic rings. The second kappa shape index (κ2) is 9.26. The van der Waals surface area contributed by atoms with Gasteiger partial charge in [0.15, 0.2) is 0 Å². The lowest BCUT2D eigenvalue weighted by atomic mass is 10.1. The average Bonchev–Trinajstić information content (AvgIpc) is 2.81. The monoisotopic (exact) mass is 452 g/mol. The molecule has 8 heteroatoms. The molecule has 1 saturated heterocycles. The highest BCUT2D eigenvalue weighted by Crippen LogP contribution is 2.26. The quantitative estimate of drug-likeness (QED) is 0.568. The van der Waals surface area contributed by atoms with Crippen molar-refractivity contribution in [1.82, 2.24) is 14.3 Å². The summed E-state index contributed by atoms with van der Waals surface area (Å²) in [5.74, 6) is 1.62. The van der Waals surface area contributed by atoms with Gasteiger partial charge in [0.2, 0.25) is 10.0 Å². The molecule has 0 N–H and O–H groups in total. The van der Waals surface area contributed by atoms with Gasteiger partial charge < -0.3 is 9.64 Å². The number of anilines is 1. The fourth-order valence-corrected chi connectivity index (χ4v) is 5.58. The van der Waals surface area contributed by atoms with E-state index in [1.807, 2.05) is 63.2 Å². The average molecular weight is 453 g/mol. The molecule has 0 aliphatic carbocycles. The second-order valence-electron chi connectivity index (χ2n) is 7.88. The van der Waals surface area contributed by atoms with Crippen molar-refractivity contribution in [3.05, 3.63) is 66.0 Å². The highest BCUT2D eigenvalue weighted by Gasteiger charge is 2.30. The van der Waals surface area contributed by atoms with Crippen molar-refractivity contribution < 1.29 is 13.2 Å². The van der Waals surface area contributed by atoms with Gasteiger partial charge in [-0.15, -0.1) is 0 Å². The zero-order valence-electron chi connectivity index (χ0n) is 18.7. The van der Waals surface area contributed by atoms with Gasteiger partial charge in [-0.3, -0.25) is 0 Å². The third kappa shape index (κ3) is 4.61. The first kappa shape index (κ1) is 22.2. The van der Waals surface area contributed by atoms with Gasteiger partial charge in [-0.05, 0) is 62.2 Å². The number of hydrogen-bond donors (Lipinski definition) is 0. The predicted molar refractivity (Wildman–Crippen MR) is 126 cm³/mol. The fraction of sp³-hybridized carbons (Fsp3) is 0.333. The highest BCUT2D eigenvalue weighted by atomic mass is 32.2. The van der Waals surface area contributed by atoms with Crippen LogP contribution >= 0.6 is 0 Å². The van der Waals surface area contributed by atoms with E-state index in [0.717, 1.165) is 34.0 Å². The van der Waals surface area contributed by atoms with Crippen LogP contribution < -0.4 is 9.64 Å². The van der Waals surface area contributed by atoms with Gasteiger partial charge in [0.05, 0.1) is 17.2 Å². The van der Waals surface area contributed by atoms with Crippen LogP contribution in [-0.4, -0.2) is 55.5 Å². The maximum atomic E-state index is 13.2. The van der Waals surface area contributed by atoms with E-state index in [1.165, 1.54) is 0 Å². The van der Waals surface area contributed by atoms with E-state index in [1.54, 1.807) is 16.7 Å². The second-order valence-corrected chi connectivity index (χ2v) is 9.79. The Kier molecular flexibility index (Phi) is 6.43. The molecule has 0 saturated carbocycles. The van der Waals surface area contributed by atoms with Gasteiger partial charge in [-0.25, -0.2) is 18.4 Å². The Morgan fingerprint density at radius 3 is 2.34 bits per heavy atom. The number of ether oxygens (including phenoxy) is 1. The number of rotatable bonds is 6. The smallest absolute Gasteiger partial charge is 0.243 e. The fourth-order valence-electron chi connectivity index (χ4n) is 3.85. The molecule has 2 aromatic carbocycles. The molecule has 1 fully saturated rings. The topological polar surface area (TPSA) is 75.6 Å². The number of piperazine rings is 1. The Balaban J connectivity index is 1.48. The van der Waals surface area contributed by atoms with Crippen molar-refractivity contribution in [3.63, 3.8) is 0 Å². The van der Waals surface area contributed by atoms with Crippen LogP contribution in [0.25, 0.3) is 11.3 Å². The molecule has 0 radical (unpaired) electrons. The van der Waals surface area contributed by atoms with E-state index in [4.69, 9.17) is 4.74 Å². The molecule has 4 rings (SSSR count). The third-order valence-corrected chi connectivity index (χ3v) is 7.68. The minimum atomic E-state index is -3.52. The Morgan fingerprint density at radius 2 is 1.66 bits per heavy atom. The van der Waals surface area contributed by atoms with Crippen molar-refractivity contribution in [2.45, 2.75) is 25.7 Å². The minimum Gasteiger partial charge on any atom is -0.494 e. The summed E-state index contributed by atoms with van der Waals surface area (Å²) in [5.41, 5.74) is 3.51. The summed E-state index contributed by atoms with van der Waals surface area (Å²) < 4.78 is 33.4. The molecular formula is C24H28N4O3S. The maximum Gasteiger partial charge on any atom is 0.243 e. The summed E-state index contributed by atoms with van der Waals surface area (Å²) in [6, 6.07) is 15.3. The Morgan fingerprint density at radius 1 is 0.938 bits per heavy atom. The first-order chi connectivity index (χ1) is 15.4. The SMILES string of the molecule is CCOc1ccc(-c2cc(N3CCN(S(=O)(=O)c4cc(C)ccc4C)CC3)ncn2)cc1. The molecule has 1 aliphatic heterocycles. The van der Waals surface area contributed by atoms with Crippen molar-refractivity contribution >= 4 is 15.8 Å². The molecule has 32 heavy (non-hydrogen) atoms. The van der Waals surface area contributed by atoms with Gasteiger partial charge in [0.25, 0.3) is 0 Å². The predicted octanol–water partition coefficient (Wildman–Crippen LogP) is 3.67. The Hall–Kier alpha value is -2.97. The molecule has 7 nitrogen and oxygen atoms in total. The maximum absolute atomic E-state index is 13.2. The van der Waals surface area contributed by atoms with E-state index in [0.29, 0.717) is 37.7 Å². The van der Waals surface area contributed by atoms with Crippen LogP contribution in [0.15, 0.2) is 59.8 Å². The molecular weight excluding hydrogens is 424 g/mol. The molecule has 0 unspecified atom stereocenters. The number of sulfonamides is 1. The van der Waals surface area contributed by atoms with Gasteiger partial charge in [0.1, 0.15) is 17.9 Å². The van der Waals surface area contributed by atoms with Gasteiger partial charge in [0, 0.05) is 37.8 Å². The summed E-state index contributed by atoms with van der Waals surface area (Å²) >= 11 is 0. The van der Waals surface area contributed by atoms with E-state index in [2.05, 4.69) is 14.9 Å². The largest absolute Gasteiger partial charge is 0.494 e. The van der Waals surface area contributed by atoms with Crippen LogP contribution in [-0.2, 0) is 10.0 Å². The van der Waals surface area contributed by atoms with Crippen LogP contribution in [0.4, 0.5) is 5.82 Å². The van der Waals surface area contributed by atoms with Crippen LogP contribution in [0, 0.1) is 13.8 Å². The third-order valence-electron chi connectivity index (χ3n) is 5.64. The number of benzene rings is 2. The molecule has 168 valence electrons. The summed E-state index contributed by atoms with van der Waals surface area (Å²) in [5, 5.41) is 0. The first-order valence-electron chi connectivity index (χ1n) is 10.8. The standard InChI is InChI=1S/C24H28N4O3S/c1-4-31-21-9-7-20(8-10-21)22-16-24(26-17-25-22)27-11-13-28(14-12-27)32(29,30)23-15-18(2)5-6-19(23)3/h5-10,15-17H,4,11-14H2,1-3H3. The van der Waals surface area contributed by atoms with Crippen LogP contribution in [0.1, 0.15) is 18.1 Å².